The average molecular weight is 520 g/mol. The molecule has 0 unspecified atom stereocenters. The number of hydrogen-bond donors (Lipinski definition) is 0. The van der Waals surface area contributed by atoms with Crippen LogP contribution in [-0.4, -0.2) is 4.57 Å². The molecule has 0 fully saturated rings. The normalized spacial score (nSPS) is 11.9. The van der Waals surface area contributed by atoms with Gasteiger partial charge in [-0.1, -0.05) is 133 Å². The Labute approximate surface area is 237 Å². The first-order valence-corrected chi connectivity index (χ1v) is 14.2. The lowest BCUT2D eigenvalue weighted by atomic mass is 9.93. The number of aromatic nitrogens is 1. The maximum atomic E-state index is 2.47. The molecule has 8 aromatic carbocycles. The van der Waals surface area contributed by atoms with E-state index in [1.54, 1.807) is 0 Å². The van der Waals surface area contributed by atoms with Crippen LogP contribution in [0.4, 0.5) is 0 Å². The molecule has 1 aromatic heterocycles. The second-order valence-corrected chi connectivity index (χ2v) is 10.9. The van der Waals surface area contributed by atoms with Crippen LogP contribution >= 0.6 is 0 Å². The van der Waals surface area contributed by atoms with Gasteiger partial charge >= 0.3 is 0 Å². The van der Waals surface area contributed by atoms with Gasteiger partial charge in [0.15, 0.2) is 0 Å². The molecule has 0 amide bonds. The van der Waals surface area contributed by atoms with Gasteiger partial charge in [0, 0.05) is 21.8 Å². The molecule has 0 radical (unpaired) electrons. The molecule has 1 heterocycles. The van der Waals surface area contributed by atoms with Crippen molar-refractivity contribution in [3.05, 3.63) is 152 Å². The van der Waals surface area contributed by atoms with E-state index >= 15 is 0 Å². The quantitative estimate of drug-likeness (QED) is 0.200. The molecular formula is C40H25N. The van der Waals surface area contributed by atoms with Crippen molar-refractivity contribution in [2.24, 2.45) is 0 Å². The van der Waals surface area contributed by atoms with Crippen LogP contribution in [0.15, 0.2) is 152 Å². The standard InChI is InChI=1S/C40H25N/c1-3-13-30-26(10-1)12-9-18-31(30)28-20-23-29(24-21-28)41-37-19-8-7-17-35(37)39-34-16-6-5-15-33(34)38-32-14-4-2-11-27(32)22-25-36(38)40(39)41/h1-25H. The van der Waals surface area contributed by atoms with E-state index in [0.29, 0.717) is 0 Å². The summed E-state index contributed by atoms with van der Waals surface area (Å²) in [6, 6.07) is 55.4. The van der Waals surface area contributed by atoms with Crippen molar-refractivity contribution in [2.75, 3.05) is 0 Å². The van der Waals surface area contributed by atoms with Gasteiger partial charge in [0.25, 0.3) is 0 Å². The van der Waals surface area contributed by atoms with Gasteiger partial charge in [-0.05, 0) is 67.0 Å². The number of benzene rings is 8. The van der Waals surface area contributed by atoms with Crippen LogP contribution in [0.1, 0.15) is 0 Å². The zero-order chi connectivity index (χ0) is 26.9. The van der Waals surface area contributed by atoms with E-state index in [9.17, 15) is 0 Å². The Morgan fingerprint density at radius 3 is 1.71 bits per heavy atom. The molecule has 0 N–H and O–H groups in total. The van der Waals surface area contributed by atoms with Crippen LogP contribution < -0.4 is 0 Å². The highest BCUT2D eigenvalue weighted by Gasteiger charge is 2.19. The molecule has 0 aliphatic heterocycles. The van der Waals surface area contributed by atoms with E-state index in [4.69, 9.17) is 0 Å². The second-order valence-electron chi connectivity index (χ2n) is 10.9. The van der Waals surface area contributed by atoms with Crippen LogP contribution in [-0.2, 0) is 0 Å². The van der Waals surface area contributed by atoms with Gasteiger partial charge in [0.05, 0.1) is 11.0 Å². The number of hydrogen-bond acceptors (Lipinski definition) is 0. The topological polar surface area (TPSA) is 4.93 Å². The Bertz CT molecular complexity index is 2450. The summed E-state index contributed by atoms with van der Waals surface area (Å²) in [5.74, 6) is 0. The molecular weight excluding hydrogens is 494 g/mol. The molecule has 9 rings (SSSR count). The van der Waals surface area contributed by atoms with E-state index < -0.39 is 0 Å². The Balaban J connectivity index is 1.40. The van der Waals surface area contributed by atoms with Crippen LogP contribution in [0.5, 0.6) is 0 Å². The highest BCUT2D eigenvalue weighted by molar-refractivity contribution is 6.35. The molecule has 0 saturated carbocycles. The highest BCUT2D eigenvalue weighted by Crippen LogP contribution is 2.44. The third-order valence-corrected chi connectivity index (χ3v) is 8.75. The summed E-state index contributed by atoms with van der Waals surface area (Å²) in [5, 5.41) is 12.9. The smallest absolute Gasteiger partial charge is 0.0626 e. The molecule has 1 nitrogen and oxygen atoms in total. The van der Waals surface area contributed by atoms with Gasteiger partial charge in [-0.3, -0.25) is 0 Å². The first-order valence-electron chi connectivity index (χ1n) is 14.2. The molecule has 41 heavy (non-hydrogen) atoms. The SMILES string of the molecule is c1ccc2c(-c3ccc(-n4c5ccccc5c5c6ccccc6c6c7ccccc7ccc6c54)cc3)cccc2c1. The monoisotopic (exact) mass is 519 g/mol. The zero-order valence-electron chi connectivity index (χ0n) is 22.4. The molecule has 9 aromatic rings. The highest BCUT2D eigenvalue weighted by atomic mass is 15.0. The predicted molar refractivity (Wildman–Crippen MR) is 176 cm³/mol. The number of rotatable bonds is 2. The van der Waals surface area contributed by atoms with E-state index in [1.807, 2.05) is 0 Å². The Hall–Kier alpha value is -5.40. The molecule has 0 atom stereocenters. The molecule has 1 heteroatoms. The van der Waals surface area contributed by atoms with Crippen LogP contribution in [0, 0.1) is 0 Å². The summed E-state index contributed by atoms with van der Waals surface area (Å²) >= 11 is 0. The third-order valence-electron chi connectivity index (χ3n) is 8.75. The van der Waals surface area contributed by atoms with Gasteiger partial charge in [0.1, 0.15) is 0 Å². The minimum absolute atomic E-state index is 1.17. The zero-order valence-corrected chi connectivity index (χ0v) is 22.4. The first-order chi connectivity index (χ1) is 20.4. The van der Waals surface area contributed by atoms with Crippen molar-refractivity contribution >= 4 is 64.9 Å². The minimum atomic E-state index is 1.17. The molecule has 0 aliphatic rings. The lowest BCUT2D eigenvalue weighted by Crippen LogP contribution is -1.95. The fourth-order valence-electron chi connectivity index (χ4n) is 6.98. The maximum absolute atomic E-state index is 2.47. The Morgan fingerprint density at radius 1 is 0.341 bits per heavy atom. The summed E-state index contributed by atoms with van der Waals surface area (Å²) in [5.41, 5.74) is 6.16. The van der Waals surface area contributed by atoms with E-state index in [-0.39, 0.29) is 0 Å². The Kier molecular flexibility index (Phi) is 4.67. The molecule has 0 bridgehead atoms. The van der Waals surface area contributed by atoms with Gasteiger partial charge < -0.3 is 4.57 Å². The van der Waals surface area contributed by atoms with Gasteiger partial charge in [0.2, 0.25) is 0 Å². The van der Waals surface area contributed by atoms with Crippen LogP contribution in [0.3, 0.4) is 0 Å². The molecule has 190 valence electrons. The third kappa shape index (κ3) is 3.18. The van der Waals surface area contributed by atoms with E-state index in [2.05, 4.69) is 156 Å². The number of fused-ring (bicyclic) bond motifs is 11. The van der Waals surface area contributed by atoms with Crippen molar-refractivity contribution in [2.45, 2.75) is 0 Å². The van der Waals surface area contributed by atoms with E-state index in [1.165, 1.54) is 81.7 Å². The lowest BCUT2D eigenvalue weighted by Gasteiger charge is -2.14. The van der Waals surface area contributed by atoms with Crippen molar-refractivity contribution in [3.8, 4) is 16.8 Å². The van der Waals surface area contributed by atoms with E-state index in [0.717, 1.165) is 0 Å². The Morgan fingerprint density at radius 2 is 0.927 bits per heavy atom. The van der Waals surface area contributed by atoms with Crippen molar-refractivity contribution in [1.29, 1.82) is 0 Å². The molecule has 0 spiro atoms. The molecule has 0 aliphatic carbocycles. The van der Waals surface area contributed by atoms with Crippen molar-refractivity contribution < 1.29 is 0 Å². The average Bonchev–Trinajstić information content (AvgIpc) is 3.40. The van der Waals surface area contributed by atoms with Crippen LogP contribution in [0.25, 0.3) is 81.7 Å². The molecule has 0 saturated heterocycles. The summed E-state index contributed by atoms with van der Waals surface area (Å²) in [6.45, 7) is 0. The second kappa shape index (κ2) is 8.55. The number of para-hydroxylation sites is 1. The summed E-state index contributed by atoms with van der Waals surface area (Å²) < 4.78 is 2.47. The fraction of sp³-hybridized carbons (Fsp3) is 0. The minimum Gasteiger partial charge on any atom is -0.309 e. The van der Waals surface area contributed by atoms with Crippen molar-refractivity contribution in [1.82, 2.24) is 4.57 Å². The summed E-state index contributed by atoms with van der Waals surface area (Å²) in [6.07, 6.45) is 0. The first kappa shape index (κ1) is 22.4. The summed E-state index contributed by atoms with van der Waals surface area (Å²) in [4.78, 5) is 0. The lowest BCUT2D eigenvalue weighted by molar-refractivity contribution is 1.19. The predicted octanol–water partition coefficient (Wildman–Crippen LogP) is 11.1. The number of nitrogens with zero attached hydrogens (tertiary/aromatic N) is 1. The van der Waals surface area contributed by atoms with Gasteiger partial charge in [-0.15, -0.1) is 0 Å². The maximum Gasteiger partial charge on any atom is 0.0626 e. The van der Waals surface area contributed by atoms with Gasteiger partial charge in [-0.2, -0.15) is 0 Å². The van der Waals surface area contributed by atoms with Crippen LogP contribution in [0.2, 0.25) is 0 Å². The van der Waals surface area contributed by atoms with Gasteiger partial charge in [-0.25, -0.2) is 0 Å². The fourth-order valence-corrected chi connectivity index (χ4v) is 6.98. The largest absolute Gasteiger partial charge is 0.309 e. The summed E-state index contributed by atoms with van der Waals surface area (Å²) in [7, 11) is 0. The van der Waals surface area contributed by atoms with Crippen molar-refractivity contribution in [3.63, 3.8) is 0 Å².